The second-order valence-electron chi connectivity index (χ2n) is 7.06. The average molecular weight is 337 g/mol. The molecule has 130 valence electrons. The zero-order valence-electron chi connectivity index (χ0n) is 14.6. The van der Waals surface area contributed by atoms with Crippen LogP contribution in [0.4, 0.5) is 11.5 Å². The van der Waals surface area contributed by atoms with Crippen molar-refractivity contribution in [3.05, 3.63) is 47.9 Å². The van der Waals surface area contributed by atoms with Crippen LogP contribution in [-0.2, 0) is 4.79 Å². The summed E-state index contributed by atoms with van der Waals surface area (Å²) >= 11 is 0. The van der Waals surface area contributed by atoms with Crippen molar-refractivity contribution in [1.82, 2.24) is 14.9 Å². The number of aryl methyl sites for hydroxylation is 2. The fourth-order valence-corrected chi connectivity index (χ4v) is 3.83. The Hall–Kier alpha value is -2.47. The van der Waals surface area contributed by atoms with Gasteiger partial charge in [-0.05, 0) is 38.0 Å². The van der Waals surface area contributed by atoms with Gasteiger partial charge in [-0.2, -0.15) is 0 Å². The first-order chi connectivity index (χ1) is 12.1. The number of nitrogens with one attached hydrogen (secondary N) is 1. The molecule has 3 aliphatic rings. The number of benzene rings is 1. The normalized spacial score (nSPS) is 22.4. The van der Waals surface area contributed by atoms with Gasteiger partial charge in [-0.15, -0.1) is 0 Å². The molecule has 4 heterocycles. The number of carbonyl (C=O) groups is 1. The van der Waals surface area contributed by atoms with E-state index in [2.05, 4.69) is 25.1 Å². The van der Waals surface area contributed by atoms with Gasteiger partial charge in [-0.1, -0.05) is 12.1 Å². The molecular weight excluding hydrogens is 314 g/mol. The molecule has 6 heteroatoms. The molecule has 1 aromatic carbocycles. The summed E-state index contributed by atoms with van der Waals surface area (Å²) in [4.78, 5) is 25.5. The molecule has 0 spiro atoms. The van der Waals surface area contributed by atoms with Crippen molar-refractivity contribution in [3.63, 3.8) is 0 Å². The van der Waals surface area contributed by atoms with Crippen LogP contribution in [0.15, 0.2) is 36.7 Å². The van der Waals surface area contributed by atoms with E-state index >= 15 is 0 Å². The van der Waals surface area contributed by atoms with Crippen LogP contribution in [-0.4, -0.2) is 52.5 Å². The van der Waals surface area contributed by atoms with Crippen LogP contribution in [0.5, 0.6) is 0 Å². The Morgan fingerprint density at radius 1 is 1.20 bits per heavy atom. The molecule has 2 aromatic rings. The number of piperazine rings is 1. The van der Waals surface area contributed by atoms with Gasteiger partial charge in [0.05, 0.1) is 6.54 Å². The van der Waals surface area contributed by atoms with Crippen molar-refractivity contribution in [2.45, 2.75) is 32.4 Å². The van der Waals surface area contributed by atoms with Crippen LogP contribution in [0.2, 0.25) is 0 Å². The van der Waals surface area contributed by atoms with Crippen LogP contribution in [0.3, 0.4) is 0 Å². The zero-order chi connectivity index (χ0) is 17.4. The van der Waals surface area contributed by atoms with E-state index in [4.69, 9.17) is 0 Å². The molecule has 1 N–H and O–H groups in total. The first-order valence-corrected chi connectivity index (χ1v) is 8.74. The number of fused-ring (bicyclic) bond motifs is 2. The van der Waals surface area contributed by atoms with Gasteiger partial charge in [0, 0.05) is 42.6 Å². The molecule has 0 radical (unpaired) electrons. The number of rotatable bonds is 4. The Morgan fingerprint density at radius 3 is 2.72 bits per heavy atom. The summed E-state index contributed by atoms with van der Waals surface area (Å²) in [6, 6.07) is 10.8. The minimum absolute atomic E-state index is 0.0617. The highest BCUT2D eigenvalue weighted by Crippen LogP contribution is 2.33. The van der Waals surface area contributed by atoms with Crippen LogP contribution in [0.25, 0.3) is 0 Å². The number of anilines is 2. The lowest BCUT2D eigenvalue weighted by Gasteiger charge is -2.56. The molecule has 3 fully saturated rings. The smallest absolute Gasteiger partial charge is 0.238 e. The molecule has 2 bridgehead atoms. The monoisotopic (exact) mass is 337 g/mol. The van der Waals surface area contributed by atoms with Crippen molar-refractivity contribution in [2.75, 3.05) is 29.9 Å². The third-order valence-corrected chi connectivity index (χ3v) is 5.09. The van der Waals surface area contributed by atoms with E-state index in [0.29, 0.717) is 18.6 Å². The summed E-state index contributed by atoms with van der Waals surface area (Å²) in [5.74, 6) is 1.05. The van der Waals surface area contributed by atoms with E-state index in [1.807, 2.05) is 44.2 Å². The van der Waals surface area contributed by atoms with E-state index in [1.165, 1.54) is 0 Å². The predicted molar refractivity (Wildman–Crippen MR) is 97.7 cm³/mol. The largest absolute Gasteiger partial charge is 0.353 e. The van der Waals surface area contributed by atoms with Gasteiger partial charge in [-0.25, -0.2) is 9.97 Å². The Kier molecular flexibility index (Phi) is 4.13. The molecule has 1 amide bonds. The van der Waals surface area contributed by atoms with Crippen molar-refractivity contribution >= 4 is 17.4 Å². The second kappa shape index (κ2) is 6.44. The van der Waals surface area contributed by atoms with Gasteiger partial charge in [-0.3, -0.25) is 9.69 Å². The van der Waals surface area contributed by atoms with Crippen LogP contribution < -0.4 is 10.2 Å². The Labute approximate surface area is 147 Å². The lowest BCUT2D eigenvalue weighted by Crippen LogP contribution is -2.69. The fourth-order valence-electron chi connectivity index (χ4n) is 3.83. The van der Waals surface area contributed by atoms with Gasteiger partial charge >= 0.3 is 0 Å². The van der Waals surface area contributed by atoms with E-state index in [0.717, 1.165) is 42.3 Å². The van der Waals surface area contributed by atoms with Gasteiger partial charge in [0.25, 0.3) is 0 Å². The Balaban J connectivity index is 1.35. The first-order valence-electron chi connectivity index (χ1n) is 8.74. The standard InChI is InChI=1S/C19H23N5O/c1-13-4-3-5-15(6-13)22-19(25)11-24-16-8-17(24)10-23(9-16)18-7-14(2)20-12-21-18/h3-7,12,16-17H,8-11H2,1-2H3,(H,22,25). The predicted octanol–water partition coefficient (Wildman–Crippen LogP) is 2.00. The SMILES string of the molecule is Cc1cccc(NC(=O)CN2C3CC2CN(c2cc(C)ncn2)C3)c1. The maximum absolute atomic E-state index is 12.4. The Bertz CT molecular complexity index is 781. The summed E-state index contributed by atoms with van der Waals surface area (Å²) in [5.41, 5.74) is 3.00. The average Bonchev–Trinajstić information content (AvgIpc) is 2.60. The van der Waals surface area contributed by atoms with E-state index in [9.17, 15) is 4.79 Å². The van der Waals surface area contributed by atoms with Gasteiger partial charge in [0.2, 0.25) is 5.91 Å². The molecule has 3 aliphatic heterocycles. The summed E-state index contributed by atoms with van der Waals surface area (Å²) in [5, 5.41) is 3.01. The fraction of sp³-hybridized carbons (Fsp3) is 0.421. The highest BCUT2D eigenvalue weighted by atomic mass is 16.2. The number of nitrogens with zero attached hydrogens (tertiary/aromatic N) is 4. The number of aromatic nitrogens is 2. The van der Waals surface area contributed by atoms with Crippen LogP contribution in [0, 0.1) is 13.8 Å². The van der Waals surface area contributed by atoms with Crippen LogP contribution >= 0.6 is 0 Å². The Morgan fingerprint density at radius 2 is 2.00 bits per heavy atom. The number of hydrogen-bond acceptors (Lipinski definition) is 5. The van der Waals surface area contributed by atoms with E-state index < -0.39 is 0 Å². The number of hydrogen-bond donors (Lipinski definition) is 1. The van der Waals surface area contributed by atoms with Crippen molar-refractivity contribution in [3.8, 4) is 0 Å². The van der Waals surface area contributed by atoms with Crippen molar-refractivity contribution in [2.24, 2.45) is 0 Å². The first kappa shape index (κ1) is 16.0. The van der Waals surface area contributed by atoms with Crippen molar-refractivity contribution < 1.29 is 4.79 Å². The lowest BCUT2D eigenvalue weighted by atomic mass is 9.87. The number of amides is 1. The highest BCUT2D eigenvalue weighted by Gasteiger charge is 2.45. The molecule has 1 aromatic heterocycles. The molecule has 3 saturated heterocycles. The number of piperidine rings is 1. The summed E-state index contributed by atoms with van der Waals surface area (Å²) in [7, 11) is 0. The van der Waals surface area contributed by atoms with Gasteiger partial charge < -0.3 is 10.2 Å². The van der Waals surface area contributed by atoms with E-state index in [-0.39, 0.29) is 5.91 Å². The highest BCUT2D eigenvalue weighted by molar-refractivity contribution is 5.92. The maximum atomic E-state index is 12.4. The molecule has 0 saturated carbocycles. The molecule has 0 aliphatic carbocycles. The molecule has 2 atom stereocenters. The molecule has 5 rings (SSSR count). The van der Waals surface area contributed by atoms with Crippen LogP contribution in [0.1, 0.15) is 17.7 Å². The summed E-state index contributed by atoms with van der Waals surface area (Å²) in [6.07, 6.45) is 2.79. The second-order valence-corrected chi connectivity index (χ2v) is 7.06. The molecule has 2 unspecified atom stereocenters. The molecular formula is C19H23N5O. The van der Waals surface area contributed by atoms with Gasteiger partial charge in [0.15, 0.2) is 0 Å². The van der Waals surface area contributed by atoms with Crippen molar-refractivity contribution in [1.29, 1.82) is 0 Å². The third-order valence-electron chi connectivity index (χ3n) is 5.09. The summed E-state index contributed by atoms with van der Waals surface area (Å²) in [6.45, 7) is 6.31. The molecule has 25 heavy (non-hydrogen) atoms. The number of carbonyl (C=O) groups excluding carboxylic acids is 1. The topological polar surface area (TPSA) is 61.4 Å². The molecule has 6 nitrogen and oxygen atoms in total. The lowest BCUT2D eigenvalue weighted by molar-refractivity contribution is -0.121. The minimum Gasteiger partial charge on any atom is -0.353 e. The zero-order valence-corrected chi connectivity index (χ0v) is 14.6. The quantitative estimate of drug-likeness (QED) is 0.924. The maximum Gasteiger partial charge on any atom is 0.238 e. The van der Waals surface area contributed by atoms with Gasteiger partial charge in [0.1, 0.15) is 12.1 Å². The third kappa shape index (κ3) is 3.35. The summed E-state index contributed by atoms with van der Waals surface area (Å²) < 4.78 is 0. The van der Waals surface area contributed by atoms with E-state index in [1.54, 1.807) is 6.33 Å². The minimum atomic E-state index is 0.0617.